The molecule has 3 aromatic carbocycles. The highest BCUT2D eigenvalue weighted by Gasteiger charge is 2.35. The minimum Gasteiger partial charge on any atom is -0.508 e. The molecule has 3 N–H and O–H groups in total. The van der Waals surface area contributed by atoms with Crippen molar-refractivity contribution in [3.8, 4) is 11.5 Å². The van der Waals surface area contributed by atoms with Crippen LogP contribution in [-0.2, 0) is 11.2 Å². The number of hydrogen-bond acceptors (Lipinski definition) is 5. The second kappa shape index (κ2) is 10.1. The van der Waals surface area contributed by atoms with Gasteiger partial charge in [0.1, 0.15) is 11.5 Å². The Kier molecular flexibility index (Phi) is 7.23. The van der Waals surface area contributed by atoms with Gasteiger partial charge in [-0.25, -0.2) is 0 Å². The first-order valence-electron chi connectivity index (χ1n) is 11.7. The number of β-amino-alcohol motifs (C(OH)–C–C–N with tert-alkyl or cyclic N) is 1. The van der Waals surface area contributed by atoms with Crippen LogP contribution < -0.4 is 10.1 Å². The molecule has 0 unspecified atom stereocenters. The molecule has 176 valence electrons. The summed E-state index contributed by atoms with van der Waals surface area (Å²) in [5, 5.41) is 25.9. The maximum absolute atomic E-state index is 10.6. The summed E-state index contributed by atoms with van der Waals surface area (Å²) in [6.07, 6.45) is 2.48. The first-order chi connectivity index (χ1) is 15.8. The van der Waals surface area contributed by atoms with E-state index in [2.05, 4.69) is 37.4 Å². The van der Waals surface area contributed by atoms with Gasteiger partial charge in [-0.05, 0) is 73.6 Å². The van der Waals surface area contributed by atoms with Crippen molar-refractivity contribution < 1.29 is 19.7 Å². The number of aliphatic hydroxyl groups excluding tert-OH is 1. The number of methoxy groups -OCH3 is 1. The van der Waals surface area contributed by atoms with E-state index in [9.17, 15) is 10.2 Å². The van der Waals surface area contributed by atoms with Crippen LogP contribution in [0.25, 0.3) is 10.8 Å². The summed E-state index contributed by atoms with van der Waals surface area (Å²) in [5.41, 5.74) is 2.08. The Morgan fingerprint density at radius 2 is 1.76 bits per heavy atom. The molecule has 5 heteroatoms. The molecular formula is C28H35NO4. The predicted molar refractivity (Wildman–Crippen MR) is 132 cm³/mol. The summed E-state index contributed by atoms with van der Waals surface area (Å²) in [6, 6.07) is 19.7. The number of benzene rings is 3. The number of ether oxygens (including phenoxy) is 2. The minimum atomic E-state index is -0.597. The molecule has 1 aliphatic rings. The first-order valence-corrected chi connectivity index (χ1v) is 11.7. The molecule has 0 aliphatic heterocycles. The number of aliphatic hydroxyl groups is 1. The van der Waals surface area contributed by atoms with Crippen LogP contribution in [0.15, 0.2) is 60.7 Å². The maximum Gasteiger partial charge on any atom is 0.124 e. The molecule has 0 radical (unpaired) electrons. The summed E-state index contributed by atoms with van der Waals surface area (Å²) in [6.45, 7) is 5.02. The molecule has 1 fully saturated rings. The Bertz CT molecular complexity index is 1080. The lowest BCUT2D eigenvalue weighted by molar-refractivity contribution is -0.0219. The van der Waals surface area contributed by atoms with E-state index in [1.165, 1.54) is 5.56 Å². The van der Waals surface area contributed by atoms with Crippen LogP contribution in [0.1, 0.15) is 43.9 Å². The number of phenolic OH excluding ortho intramolecular Hbond substituents is 1. The zero-order valence-corrected chi connectivity index (χ0v) is 19.8. The summed E-state index contributed by atoms with van der Waals surface area (Å²) in [4.78, 5) is 0. The third kappa shape index (κ3) is 6.26. The highest BCUT2D eigenvalue weighted by molar-refractivity contribution is 5.84. The van der Waals surface area contributed by atoms with E-state index in [1.54, 1.807) is 19.2 Å². The average molecular weight is 450 g/mol. The van der Waals surface area contributed by atoms with E-state index in [0.29, 0.717) is 12.5 Å². The van der Waals surface area contributed by atoms with Crippen molar-refractivity contribution in [1.29, 1.82) is 0 Å². The van der Waals surface area contributed by atoms with E-state index in [-0.39, 0.29) is 24.0 Å². The smallest absolute Gasteiger partial charge is 0.124 e. The molecule has 0 heterocycles. The lowest BCUT2D eigenvalue weighted by atomic mass is 9.93. The monoisotopic (exact) mass is 449 g/mol. The van der Waals surface area contributed by atoms with Crippen molar-refractivity contribution in [3.05, 3.63) is 71.8 Å². The number of rotatable bonds is 11. The average Bonchev–Trinajstić information content (AvgIpc) is 3.63. The molecule has 0 saturated heterocycles. The largest absolute Gasteiger partial charge is 0.508 e. The highest BCUT2D eigenvalue weighted by atomic mass is 16.5. The van der Waals surface area contributed by atoms with E-state index >= 15 is 0 Å². The first kappa shape index (κ1) is 23.6. The van der Waals surface area contributed by atoms with Crippen molar-refractivity contribution in [3.63, 3.8) is 0 Å². The van der Waals surface area contributed by atoms with Gasteiger partial charge in [-0.3, -0.25) is 0 Å². The standard InChI is InChI=1S/C28H35NO4/c1-28(2,16-19-8-9-22-15-23(30)13-12-21(22)14-19)29-17-24(31)18-33-27(20-10-11-20)25-6-4-5-7-26(25)32-3/h4-9,12-15,20,24,27,29-31H,10-11,16-18H2,1-3H3/t24-,27-/m1/s1. The lowest BCUT2D eigenvalue weighted by Gasteiger charge is -2.29. The third-order valence-electron chi connectivity index (χ3n) is 6.31. The van der Waals surface area contributed by atoms with Gasteiger partial charge in [0, 0.05) is 17.6 Å². The van der Waals surface area contributed by atoms with Gasteiger partial charge in [-0.15, -0.1) is 0 Å². The van der Waals surface area contributed by atoms with Gasteiger partial charge in [0.15, 0.2) is 0 Å². The van der Waals surface area contributed by atoms with Crippen LogP contribution >= 0.6 is 0 Å². The Morgan fingerprint density at radius 3 is 2.52 bits per heavy atom. The molecule has 33 heavy (non-hydrogen) atoms. The lowest BCUT2D eigenvalue weighted by Crippen LogP contribution is -2.46. The van der Waals surface area contributed by atoms with Crippen molar-refractivity contribution in [2.24, 2.45) is 5.92 Å². The topological polar surface area (TPSA) is 71.0 Å². The fraction of sp³-hybridized carbons (Fsp3) is 0.429. The van der Waals surface area contributed by atoms with Gasteiger partial charge < -0.3 is 25.0 Å². The molecule has 3 aromatic rings. The van der Waals surface area contributed by atoms with E-state index < -0.39 is 6.10 Å². The third-order valence-corrected chi connectivity index (χ3v) is 6.31. The summed E-state index contributed by atoms with van der Waals surface area (Å²) < 4.78 is 11.7. The number of para-hydroxylation sites is 1. The maximum atomic E-state index is 10.6. The predicted octanol–water partition coefficient (Wildman–Crippen LogP) is 4.99. The number of phenols is 1. The second-order valence-corrected chi connectivity index (χ2v) is 9.79. The molecule has 1 saturated carbocycles. The fourth-order valence-electron chi connectivity index (χ4n) is 4.41. The molecule has 0 aromatic heterocycles. The number of aromatic hydroxyl groups is 1. The van der Waals surface area contributed by atoms with Gasteiger partial charge >= 0.3 is 0 Å². The molecule has 4 rings (SSSR count). The Hall–Kier alpha value is -2.60. The molecule has 5 nitrogen and oxygen atoms in total. The van der Waals surface area contributed by atoms with Gasteiger partial charge in [0.2, 0.25) is 0 Å². The Balaban J connectivity index is 1.31. The minimum absolute atomic E-state index is 0.0409. The molecule has 2 atom stereocenters. The van der Waals surface area contributed by atoms with E-state index in [4.69, 9.17) is 9.47 Å². The molecule has 0 spiro atoms. The number of fused-ring (bicyclic) bond motifs is 1. The zero-order chi connectivity index (χ0) is 23.4. The Morgan fingerprint density at radius 1 is 1.03 bits per heavy atom. The zero-order valence-electron chi connectivity index (χ0n) is 19.8. The molecule has 0 bridgehead atoms. The van der Waals surface area contributed by atoms with Crippen LogP contribution in [0.3, 0.4) is 0 Å². The van der Waals surface area contributed by atoms with Gasteiger partial charge in [0.05, 0.1) is 25.9 Å². The van der Waals surface area contributed by atoms with Crippen molar-refractivity contribution >= 4 is 10.8 Å². The van der Waals surface area contributed by atoms with E-state index in [0.717, 1.165) is 41.3 Å². The van der Waals surface area contributed by atoms with Crippen LogP contribution in [0.5, 0.6) is 11.5 Å². The molecular weight excluding hydrogens is 414 g/mol. The summed E-state index contributed by atoms with van der Waals surface area (Å²) >= 11 is 0. The second-order valence-electron chi connectivity index (χ2n) is 9.79. The van der Waals surface area contributed by atoms with Crippen molar-refractivity contribution in [2.45, 2.75) is 50.9 Å². The number of hydrogen-bond donors (Lipinski definition) is 3. The van der Waals surface area contributed by atoms with Gasteiger partial charge in [-0.1, -0.05) is 42.5 Å². The van der Waals surface area contributed by atoms with Crippen molar-refractivity contribution in [2.75, 3.05) is 20.3 Å². The summed E-state index contributed by atoms with van der Waals surface area (Å²) in [7, 11) is 1.68. The van der Waals surface area contributed by atoms with Crippen LogP contribution in [0, 0.1) is 5.92 Å². The van der Waals surface area contributed by atoms with Gasteiger partial charge in [0.25, 0.3) is 0 Å². The molecule has 0 amide bonds. The Labute approximate surface area is 196 Å². The van der Waals surface area contributed by atoms with Crippen molar-refractivity contribution in [1.82, 2.24) is 5.32 Å². The summed E-state index contributed by atoms with van der Waals surface area (Å²) in [5.74, 6) is 1.62. The van der Waals surface area contributed by atoms with Crippen LogP contribution in [-0.4, -0.2) is 42.1 Å². The van der Waals surface area contributed by atoms with Crippen LogP contribution in [0.4, 0.5) is 0 Å². The van der Waals surface area contributed by atoms with Gasteiger partial charge in [-0.2, -0.15) is 0 Å². The fourth-order valence-corrected chi connectivity index (χ4v) is 4.41. The van der Waals surface area contributed by atoms with E-state index in [1.807, 2.05) is 30.3 Å². The highest BCUT2D eigenvalue weighted by Crippen LogP contribution is 2.45. The van der Waals surface area contributed by atoms with Crippen LogP contribution in [0.2, 0.25) is 0 Å². The normalized spacial score (nSPS) is 16.0. The number of nitrogens with one attached hydrogen (secondary N) is 1. The molecule has 1 aliphatic carbocycles. The quantitative estimate of drug-likeness (QED) is 0.385. The SMILES string of the molecule is COc1ccccc1[C@H](OC[C@H](O)CNC(C)(C)Cc1ccc2cc(O)ccc2c1)C1CC1.